The van der Waals surface area contributed by atoms with Gasteiger partial charge in [-0.15, -0.1) is 0 Å². The van der Waals surface area contributed by atoms with Gasteiger partial charge in [0.1, 0.15) is 0 Å². The van der Waals surface area contributed by atoms with Crippen molar-refractivity contribution in [1.82, 2.24) is 0 Å². The average Bonchev–Trinajstić information content (AvgIpc) is 2.35. The van der Waals surface area contributed by atoms with E-state index in [2.05, 4.69) is 0 Å². The van der Waals surface area contributed by atoms with Crippen LogP contribution in [0, 0.1) is 17.2 Å². The monoisotopic (exact) mass is 227 g/mol. The third-order valence-corrected chi connectivity index (χ3v) is 2.44. The highest BCUT2D eigenvalue weighted by Gasteiger charge is 2.37. The Kier molecular flexibility index (Phi) is 3.58. The molecule has 0 N–H and O–H groups in total. The van der Waals surface area contributed by atoms with Gasteiger partial charge < -0.3 is 0 Å². The quantitative estimate of drug-likeness (QED) is 0.666. The van der Waals surface area contributed by atoms with Crippen LogP contribution in [0.5, 0.6) is 0 Å². The molecule has 0 aromatic rings. The van der Waals surface area contributed by atoms with Crippen molar-refractivity contribution >= 4 is 0 Å². The van der Waals surface area contributed by atoms with E-state index < -0.39 is 17.7 Å². The second kappa shape index (κ2) is 4.56. The van der Waals surface area contributed by atoms with Crippen molar-refractivity contribution in [3.8, 4) is 6.07 Å². The van der Waals surface area contributed by atoms with Gasteiger partial charge in [-0.3, -0.25) is 0 Å². The fourth-order valence-corrected chi connectivity index (χ4v) is 1.69. The van der Waals surface area contributed by atoms with Crippen molar-refractivity contribution in [2.24, 2.45) is 5.92 Å². The molecule has 0 saturated heterocycles. The molecule has 1 rings (SSSR count). The normalized spacial score (nSPS) is 21.5. The smallest absolute Gasteiger partial charge is 0.192 e. The number of hydrogen-bond donors (Lipinski definition) is 0. The van der Waals surface area contributed by atoms with Crippen molar-refractivity contribution in [3.05, 3.63) is 34.9 Å². The third kappa shape index (κ3) is 2.75. The first-order valence-corrected chi connectivity index (χ1v) is 4.97. The summed E-state index contributed by atoms with van der Waals surface area (Å²) in [6.45, 7) is 3.24. The van der Waals surface area contributed by atoms with E-state index in [0.29, 0.717) is 17.6 Å². The van der Waals surface area contributed by atoms with Crippen LogP contribution in [0.3, 0.4) is 0 Å². The van der Waals surface area contributed by atoms with Gasteiger partial charge in [0.2, 0.25) is 0 Å². The van der Waals surface area contributed by atoms with Gasteiger partial charge in [-0.2, -0.15) is 18.4 Å². The molecule has 16 heavy (non-hydrogen) atoms. The summed E-state index contributed by atoms with van der Waals surface area (Å²) in [5, 5.41) is 8.77. The first-order chi connectivity index (χ1) is 7.38. The van der Waals surface area contributed by atoms with E-state index in [9.17, 15) is 13.2 Å². The van der Waals surface area contributed by atoms with Crippen molar-refractivity contribution in [1.29, 1.82) is 5.26 Å². The van der Waals surface area contributed by atoms with Gasteiger partial charge in [0.15, 0.2) is 0 Å². The van der Waals surface area contributed by atoms with Crippen LogP contribution in [-0.4, -0.2) is 6.18 Å². The lowest BCUT2D eigenvalue weighted by molar-refractivity contribution is -0.0973. The zero-order valence-electron chi connectivity index (χ0n) is 9.10. The van der Waals surface area contributed by atoms with Gasteiger partial charge in [0.25, 0.3) is 0 Å². The molecule has 0 aromatic heterocycles. The number of nitrogens with zero attached hydrogens (tertiary/aromatic N) is 1. The van der Waals surface area contributed by atoms with Crippen molar-refractivity contribution in [2.45, 2.75) is 26.4 Å². The summed E-state index contributed by atoms with van der Waals surface area (Å²) in [4.78, 5) is 0. The lowest BCUT2D eigenvalue weighted by Crippen LogP contribution is -2.18. The van der Waals surface area contributed by atoms with Gasteiger partial charge >= 0.3 is 6.18 Å². The van der Waals surface area contributed by atoms with Crippen LogP contribution in [0.1, 0.15) is 20.3 Å². The topological polar surface area (TPSA) is 23.8 Å². The van der Waals surface area contributed by atoms with E-state index in [4.69, 9.17) is 5.26 Å². The molecule has 0 aliphatic heterocycles. The third-order valence-electron chi connectivity index (χ3n) is 2.44. The van der Waals surface area contributed by atoms with Gasteiger partial charge in [-0.25, -0.2) is 0 Å². The molecule has 1 aliphatic carbocycles. The van der Waals surface area contributed by atoms with Crippen LogP contribution >= 0.6 is 0 Å². The lowest BCUT2D eigenvalue weighted by atomic mass is 9.94. The number of halogens is 3. The maximum Gasteiger partial charge on any atom is 0.413 e. The van der Waals surface area contributed by atoms with E-state index in [-0.39, 0.29) is 0 Å². The van der Waals surface area contributed by atoms with Crippen LogP contribution < -0.4 is 0 Å². The molecular weight excluding hydrogens is 215 g/mol. The molecule has 0 heterocycles. The second-order valence-corrected chi connectivity index (χ2v) is 3.73. The summed E-state index contributed by atoms with van der Waals surface area (Å²) < 4.78 is 38.3. The van der Waals surface area contributed by atoms with Gasteiger partial charge in [0.05, 0.1) is 6.07 Å². The highest BCUT2D eigenvalue weighted by atomic mass is 19.4. The SMILES string of the molecule is CCC1C=C(C#N)C=C(C)C=C1C(F)(F)F. The van der Waals surface area contributed by atoms with E-state index >= 15 is 0 Å². The molecule has 1 aliphatic rings. The lowest BCUT2D eigenvalue weighted by Gasteiger charge is -2.17. The number of alkyl halides is 3. The van der Waals surface area contributed by atoms with Gasteiger partial charge in [-0.05, 0) is 25.0 Å². The van der Waals surface area contributed by atoms with Crippen molar-refractivity contribution < 1.29 is 13.2 Å². The van der Waals surface area contributed by atoms with E-state index in [1.54, 1.807) is 13.8 Å². The summed E-state index contributed by atoms with van der Waals surface area (Å²) >= 11 is 0. The molecule has 0 amide bonds. The zero-order chi connectivity index (χ0) is 12.3. The van der Waals surface area contributed by atoms with Crippen LogP contribution in [0.25, 0.3) is 0 Å². The standard InChI is InChI=1S/C12H12F3N/c1-3-10-6-9(7-16)4-8(2)5-11(10)12(13,14)15/h4-6,10H,3H2,1-2H3. The first-order valence-electron chi connectivity index (χ1n) is 4.97. The fourth-order valence-electron chi connectivity index (χ4n) is 1.69. The fraction of sp³-hybridized carbons (Fsp3) is 0.417. The van der Waals surface area contributed by atoms with Crippen molar-refractivity contribution in [3.63, 3.8) is 0 Å². The minimum absolute atomic E-state index is 0.292. The molecular formula is C12H12F3N. The first kappa shape index (κ1) is 12.6. The Bertz CT molecular complexity index is 405. The maximum atomic E-state index is 12.8. The Balaban J connectivity index is 3.25. The Labute approximate surface area is 92.6 Å². The van der Waals surface area contributed by atoms with Gasteiger partial charge in [-0.1, -0.05) is 19.1 Å². The molecule has 0 bridgehead atoms. The predicted octanol–water partition coefficient (Wildman–Crippen LogP) is 3.91. The maximum absolute atomic E-state index is 12.8. The number of nitriles is 1. The minimum Gasteiger partial charge on any atom is -0.192 e. The molecule has 1 atom stereocenters. The summed E-state index contributed by atoms with van der Waals surface area (Å²) in [5.41, 5.74) is 0.171. The van der Waals surface area contributed by atoms with Crippen LogP contribution in [0.4, 0.5) is 13.2 Å². The minimum atomic E-state index is -4.34. The largest absolute Gasteiger partial charge is 0.413 e. The molecule has 4 heteroatoms. The van der Waals surface area contributed by atoms with Crippen LogP contribution in [0.2, 0.25) is 0 Å². The van der Waals surface area contributed by atoms with Crippen molar-refractivity contribution in [2.75, 3.05) is 0 Å². The summed E-state index contributed by atoms with van der Waals surface area (Å²) in [7, 11) is 0. The number of hydrogen-bond acceptors (Lipinski definition) is 1. The van der Waals surface area contributed by atoms with E-state index in [1.165, 1.54) is 12.2 Å². The summed E-state index contributed by atoms with van der Waals surface area (Å²) in [6, 6.07) is 1.89. The Hall–Kier alpha value is -1.50. The number of allylic oxidation sites excluding steroid dienone is 6. The molecule has 0 spiro atoms. The highest BCUT2D eigenvalue weighted by Crippen LogP contribution is 2.36. The predicted molar refractivity (Wildman–Crippen MR) is 55.4 cm³/mol. The van der Waals surface area contributed by atoms with E-state index in [1.807, 2.05) is 6.07 Å². The van der Waals surface area contributed by atoms with E-state index in [0.717, 1.165) is 6.08 Å². The Morgan fingerprint density at radius 1 is 1.38 bits per heavy atom. The van der Waals surface area contributed by atoms with Gasteiger partial charge in [0, 0.05) is 17.1 Å². The second-order valence-electron chi connectivity index (χ2n) is 3.73. The van der Waals surface area contributed by atoms with Crippen LogP contribution in [-0.2, 0) is 0 Å². The molecule has 1 unspecified atom stereocenters. The average molecular weight is 227 g/mol. The Morgan fingerprint density at radius 3 is 2.44 bits per heavy atom. The molecule has 0 saturated carbocycles. The summed E-state index contributed by atoms with van der Waals surface area (Å²) in [6.07, 6.45) is -0.0267. The molecule has 0 aromatic carbocycles. The number of rotatable bonds is 1. The highest BCUT2D eigenvalue weighted by molar-refractivity contribution is 5.44. The van der Waals surface area contributed by atoms with Crippen LogP contribution in [0.15, 0.2) is 34.9 Å². The molecule has 0 fully saturated rings. The zero-order valence-corrected chi connectivity index (χ0v) is 9.10. The Morgan fingerprint density at radius 2 is 2.00 bits per heavy atom. The molecule has 86 valence electrons. The molecule has 1 nitrogen and oxygen atoms in total. The molecule has 0 radical (unpaired) electrons. The summed E-state index contributed by atoms with van der Waals surface area (Å²) in [5.74, 6) is -0.733.